The average molecular weight is 323 g/mol. The number of nitrogens with zero attached hydrogens (tertiary/aromatic N) is 2. The molecule has 122 valence electrons. The normalized spacial score (nSPS) is 12.5. The van der Waals surface area contributed by atoms with Gasteiger partial charge in [-0.25, -0.2) is 4.98 Å². The highest BCUT2D eigenvalue weighted by Gasteiger charge is 2.17. The summed E-state index contributed by atoms with van der Waals surface area (Å²) in [6.45, 7) is 2.67. The number of carbonyl (C=O) groups is 1. The third kappa shape index (κ3) is 2.46. The van der Waals surface area contributed by atoms with Gasteiger partial charge >= 0.3 is 0 Å². The first-order valence-electron chi connectivity index (χ1n) is 7.89. The Bertz CT molecular complexity index is 917. The second kappa shape index (κ2) is 5.88. The molecular weight excluding hydrogens is 306 g/mol. The molecule has 0 saturated carbocycles. The van der Waals surface area contributed by atoms with E-state index in [0.717, 1.165) is 29.1 Å². The van der Waals surface area contributed by atoms with Crippen LogP contribution in [0.2, 0.25) is 0 Å². The fraction of sp³-hybridized carbons (Fsp3) is 0.222. The van der Waals surface area contributed by atoms with E-state index in [9.17, 15) is 4.79 Å². The molecule has 0 atom stereocenters. The Morgan fingerprint density at radius 3 is 3.00 bits per heavy atom. The maximum atomic E-state index is 12.6. The van der Waals surface area contributed by atoms with Crippen molar-refractivity contribution in [3.05, 3.63) is 59.7 Å². The Hall–Kier alpha value is -3.02. The lowest BCUT2D eigenvalue weighted by Gasteiger charge is -2.05. The third-order valence-electron chi connectivity index (χ3n) is 4.04. The van der Waals surface area contributed by atoms with E-state index < -0.39 is 0 Å². The van der Waals surface area contributed by atoms with Crippen LogP contribution in [0.25, 0.3) is 5.52 Å². The highest BCUT2D eigenvalue weighted by atomic mass is 16.7. The van der Waals surface area contributed by atoms with Crippen molar-refractivity contribution in [1.82, 2.24) is 14.7 Å². The molecule has 0 fully saturated rings. The summed E-state index contributed by atoms with van der Waals surface area (Å²) in [4.78, 5) is 17.0. The molecule has 1 aliphatic rings. The van der Waals surface area contributed by atoms with Crippen molar-refractivity contribution in [2.24, 2.45) is 0 Å². The second-order valence-corrected chi connectivity index (χ2v) is 5.56. The summed E-state index contributed by atoms with van der Waals surface area (Å²) in [5, 5.41) is 2.92. The third-order valence-corrected chi connectivity index (χ3v) is 4.04. The lowest BCUT2D eigenvalue weighted by molar-refractivity contribution is 0.0948. The molecule has 0 bridgehead atoms. The molecule has 0 unspecified atom stereocenters. The van der Waals surface area contributed by atoms with Crippen LogP contribution < -0.4 is 14.8 Å². The molecule has 3 heterocycles. The van der Waals surface area contributed by atoms with E-state index in [4.69, 9.17) is 9.47 Å². The van der Waals surface area contributed by atoms with Crippen molar-refractivity contribution >= 4 is 11.4 Å². The second-order valence-electron chi connectivity index (χ2n) is 5.56. The first kappa shape index (κ1) is 14.6. The Balaban J connectivity index is 1.54. The minimum atomic E-state index is -0.184. The number of hydrogen-bond acceptors (Lipinski definition) is 4. The summed E-state index contributed by atoms with van der Waals surface area (Å²) in [6, 6.07) is 11.4. The van der Waals surface area contributed by atoms with E-state index in [1.165, 1.54) is 0 Å². The zero-order chi connectivity index (χ0) is 16.5. The Kier molecular flexibility index (Phi) is 3.57. The van der Waals surface area contributed by atoms with Gasteiger partial charge in [0.1, 0.15) is 5.82 Å². The molecule has 1 amide bonds. The highest BCUT2D eigenvalue weighted by molar-refractivity contribution is 5.99. The van der Waals surface area contributed by atoms with Gasteiger partial charge in [-0.05, 0) is 29.8 Å². The summed E-state index contributed by atoms with van der Waals surface area (Å²) in [5.41, 5.74) is 2.22. The number of ether oxygens (including phenoxy) is 2. The predicted octanol–water partition coefficient (Wildman–Crippen LogP) is 2.56. The number of carbonyl (C=O) groups excluding carboxylic acids is 1. The zero-order valence-electron chi connectivity index (χ0n) is 13.3. The number of imidazole rings is 1. The molecule has 6 nitrogen and oxygen atoms in total. The first-order chi connectivity index (χ1) is 11.8. The number of hydrogen-bond donors (Lipinski definition) is 1. The van der Waals surface area contributed by atoms with Crippen molar-refractivity contribution in [3.63, 3.8) is 0 Å². The van der Waals surface area contributed by atoms with Crippen molar-refractivity contribution < 1.29 is 14.3 Å². The van der Waals surface area contributed by atoms with E-state index in [2.05, 4.69) is 10.3 Å². The lowest BCUT2D eigenvalue weighted by atomic mass is 10.2. The van der Waals surface area contributed by atoms with E-state index >= 15 is 0 Å². The quantitative estimate of drug-likeness (QED) is 0.801. The van der Waals surface area contributed by atoms with Gasteiger partial charge in [0.2, 0.25) is 6.79 Å². The van der Waals surface area contributed by atoms with Crippen LogP contribution in [0, 0.1) is 0 Å². The van der Waals surface area contributed by atoms with Crippen molar-refractivity contribution in [2.75, 3.05) is 6.79 Å². The smallest absolute Gasteiger partial charge is 0.272 e. The maximum absolute atomic E-state index is 12.6. The molecule has 6 heteroatoms. The van der Waals surface area contributed by atoms with Gasteiger partial charge in [-0.2, -0.15) is 0 Å². The highest BCUT2D eigenvalue weighted by Crippen LogP contribution is 2.32. The maximum Gasteiger partial charge on any atom is 0.272 e. The molecule has 0 saturated heterocycles. The zero-order valence-corrected chi connectivity index (χ0v) is 13.3. The summed E-state index contributed by atoms with van der Waals surface area (Å²) in [7, 11) is 0. The first-order valence-corrected chi connectivity index (χ1v) is 7.89. The lowest BCUT2D eigenvalue weighted by Crippen LogP contribution is -2.23. The van der Waals surface area contributed by atoms with E-state index in [1.807, 2.05) is 53.9 Å². The molecule has 2 aromatic heterocycles. The number of aryl methyl sites for hydroxylation is 1. The SMILES string of the molecule is CCc1nc(C(=O)NCc2ccc3c(c2)OCO3)c2ccccn12. The topological polar surface area (TPSA) is 64.9 Å². The van der Waals surface area contributed by atoms with Gasteiger partial charge in [-0.15, -0.1) is 0 Å². The number of amides is 1. The summed E-state index contributed by atoms with van der Waals surface area (Å²) in [6.07, 6.45) is 2.69. The fourth-order valence-electron chi connectivity index (χ4n) is 2.83. The number of benzene rings is 1. The van der Waals surface area contributed by atoms with Gasteiger partial charge in [-0.1, -0.05) is 19.1 Å². The monoisotopic (exact) mass is 323 g/mol. The number of rotatable bonds is 4. The molecule has 0 aliphatic carbocycles. The molecule has 4 rings (SSSR count). The van der Waals surface area contributed by atoms with Gasteiger partial charge in [0, 0.05) is 19.2 Å². The Labute approximate surface area is 139 Å². The van der Waals surface area contributed by atoms with Gasteiger partial charge in [0.25, 0.3) is 5.91 Å². The van der Waals surface area contributed by atoms with Crippen molar-refractivity contribution in [1.29, 1.82) is 0 Å². The van der Waals surface area contributed by atoms with E-state index in [1.54, 1.807) is 0 Å². The molecule has 0 spiro atoms. The van der Waals surface area contributed by atoms with Crippen LogP contribution in [0.15, 0.2) is 42.6 Å². The fourth-order valence-corrected chi connectivity index (χ4v) is 2.83. The van der Waals surface area contributed by atoms with Crippen molar-refractivity contribution in [3.8, 4) is 11.5 Å². The molecular formula is C18H17N3O3. The molecule has 1 aliphatic heterocycles. The van der Waals surface area contributed by atoms with Crippen LogP contribution in [0.3, 0.4) is 0 Å². The minimum absolute atomic E-state index is 0.184. The van der Waals surface area contributed by atoms with Gasteiger partial charge < -0.3 is 19.2 Å². The predicted molar refractivity (Wildman–Crippen MR) is 88.3 cm³/mol. The standard InChI is InChI=1S/C18H17N3O3/c1-2-16-20-17(13-5-3-4-8-21(13)16)18(22)19-10-12-6-7-14-15(9-12)24-11-23-14/h3-9H,2,10-11H2,1H3,(H,19,22). The molecule has 0 radical (unpaired) electrons. The Morgan fingerprint density at radius 1 is 1.25 bits per heavy atom. The van der Waals surface area contributed by atoms with Crippen LogP contribution >= 0.6 is 0 Å². The van der Waals surface area contributed by atoms with Gasteiger partial charge in [0.05, 0.1) is 5.52 Å². The molecule has 24 heavy (non-hydrogen) atoms. The summed E-state index contributed by atoms with van der Waals surface area (Å²) >= 11 is 0. The minimum Gasteiger partial charge on any atom is -0.454 e. The summed E-state index contributed by atoms with van der Waals surface area (Å²) in [5.74, 6) is 2.13. The van der Waals surface area contributed by atoms with Crippen LogP contribution in [0.1, 0.15) is 28.8 Å². The van der Waals surface area contributed by atoms with Crippen molar-refractivity contribution in [2.45, 2.75) is 19.9 Å². The van der Waals surface area contributed by atoms with E-state index in [-0.39, 0.29) is 12.7 Å². The largest absolute Gasteiger partial charge is 0.454 e. The van der Waals surface area contributed by atoms with Gasteiger partial charge in [-0.3, -0.25) is 4.79 Å². The van der Waals surface area contributed by atoms with Crippen LogP contribution in [-0.4, -0.2) is 22.1 Å². The number of aromatic nitrogens is 2. The average Bonchev–Trinajstić information content (AvgIpc) is 3.23. The van der Waals surface area contributed by atoms with Crippen LogP contribution in [-0.2, 0) is 13.0 Å². The molecule has 1 aromatic carbocycles. The number of nitrogens with one attached hydrogen (secondary N) is 1. The van der Waals surface area contributed by atoms with Gasteiger partial charge in [0.15, 0.2) is 17.2 Å². The number of pyridine rings is 1. The molecule has 1 N–H and O–H groups in total. The molecule has 3 aromatic rings. The summed E-state index contributed by atoms with van der Waals surface area (Å²) < 4.78 is 12.6. The number of fused-ring (bicyclic) bond motifs is 2. The Morgan fingerprint density at radius 2 is 2.12 bits per heavy atom. The van der Waals surface area contributed by atoms with Crippen LogP contribution in [0.4, 0.5) is 0 Å². The van der Waals surface area contributed by atoms with Crippen LogP contribution in [0.5, 0.6) is 11.5 Å². The van der Waals surface area contributed by atoms with E-state index in [0.29, 0.717) is 18.0 Å².